The third kappa shape index (κ3) is 2.52. The van der Waals surface area contributed by atoms with Crippen molar-refractivity contribution in [2.75, 3.05) is 5.32 Å². The van der Waals surface area contributed by atoms with Gasteiger partial charge in [0, 0.05) is 6.07 Å². The number of hydrogen-bond donors (Lipinski definition) is 1. The summed E-state index contributed by atoms with van der Waals surface area (Å²) in [7, 11) is 0. The molecule has 0 aliphatic carbocycles. The van der Waals surface area contributed by atoms with E-state index in [1.54, 1.807) is 0 Å². The summed E-state index contributed by atoms with van der Waals surface area (Å²) < 4.78 is 0. The minimum atomic E-state index is -0.113. The van der Waals surface area contributed by atoms with Crippen molar-refractivity contribution in [1.82, 2.24) is 0 Å². The number of amides is 1. The van der Waals surface area contributed by atoms with E-state index in [4.69, 9.17) is 0 Å². The van der Waals surface area contributed by atoms with Crippen molar-refractivity contribution in [1.29, 1.82) is 0 Å². The Balaban J connectivity index is 1.88. The quantitative estimate of drug-likeness (QED) is 0.758. The number of nitrogens with one attached hydrogen (secondary N) is 2. The molecule has 20 heavy (non-hydrogen) atoms. The van der Waals surface area contributed by atoms with E-state index in [2.05, 4.69) is 10.3 Å². The number of carbonyl (C=O) groups is 1. The van der Waals surface area contributed by atoms with Crippen molar-refractivity contribution in [3.8, 4) is 0 Å². The lowest BCUT2D eigenvalue weighted by molar-refractivity contribution is -0.370. The van der Waals surface area contributed by atoms with E-state index in [0.717, 1.165) is 16.5 Å². The Kier molecular flexibility index (Phi) is 3.17. The molecule has 0 aliphatic heterocycles. The van der Waals surface area contributed by atoms with Crippen molar-refractivity contribution in [2.45, 2.75) is 6.92 Å². The summed E-state index contributed by atoms with van der Waals surface area (Å²) in [5.74, 6) is 0.584. The number of anilines is 1. The van der Waals surface area contributed by atoms with Crippen LogP contribution in [0.1, 0.15) is 16.1 Å². The molecule has 3 rings (SSSR count). The molecular formula is C17H15N2O+. The number of aromatic nitrogens is 1. The van der Waals surface area contributed by atoms with Gasteiger partial charge in [-0.05, 0) is 35.9 Å². The molecule has 1 amide bonds. The zero-order valence-electron chi connectivity index (χ0n) is 11.2. The van der Waals surface area contributed by atoms with Crippen LogP contribution in [0.15, 0.2) is 60.7 Å². The standard InChI is InChI=1S/C17H14N2O/c1-12-5-4-8-16(18-12)19-17(20)15-10-9-13-6-2-3-7-14(13)11-15/h2-11H,1H3,(H,18,19,20)/p+1. The predicted octanol–water partition coefficient (Wildman–Crippen LogP) is 3.21. The Morgan fingerprint density at radius 2 is 1.75 bits per heavy atom. The van der Waals surface area contributed by atoms with Crippen molar-refractivity contribution < 1.29 is 9.78 Å². The number of hydrogen-bond acceptors (Lipinski definition) is 1. The molecule has 0 atom stereocenters. The predicted molar refractivity (Wildman–Crippen MR) is 79.6 cm³/mol. The van der Waals surface area contributed by atoms with E-state index in [-0.39, 0.29) is 5.91 Å². The molecule has 2 aromatic carbocycles. The molecule has 1 aromatic heterocycles. The van der Waals surface area contributed by atoms with Crippen LogP contribution in [0.2, 0.25) is 0 Å². The highest BCUT2D eigenvalue weighted by atomic mass is 16.1. The van der Waals surface area contributed by atoms with Gasteiger partial charge in [-0.1, -0.05) is 36.4 Å². The first-order chi connectivity index (χ1) is 9.72. The first-order valence-electron chi connectivity index (χ1n) is 6.51. The van der Waals surface area contributed by atoms with Gasteiger partial charge in [0.25, 0.3) is 5.82 Å². The van der Waals surface area contributed by atoms with Crippen molar-refractivity contribution in [3.05, 3.63) is 71.9 Å². The number of aryl methyl sites for hydroxylation is 1. The van der Waals surface area contributed by atoms with Gasteiger partial charge in [0.2, 0.25) is 0 Å². The van der Waals surface area contributed by atoms with Crippen LogP contribution in [0.25, 0.3) is 10.8 Å². The van der Waals surface area contributed by atoms with Crippen LogP contribution in [0.4, 0.5) is 5.82 Å². The second-order valence-electron chi connectivity index (χ2n) is 4.76. The topological polar surface area (TPSA) is 43.2 Å². The molecular weight excluding hydrogens is 248 g/mol. The first kappa shape index (κ1) is 12.4. The van der Waals surface area contributed by atoms with Crippen LogP contribution in [0.5, 0.6) is 0 Å². The summed E-state index contributed by atoms with van der Waals surface area (Å²) in [5.41, 5.74) is 1.65. The van der Waals surface area contributed by atoms with E-state index in [0.29, 0.717) is 11.4 Å². The fourth-order valence-corrected chi connectivity index (χ4v) is 2.18. The molecule has 0 radical (unpaired) electrons. The SMILES string of the molecule is Cc1cccc(NC(=O)c2ccc3ccccc3c2)[nH+]1. The molecule has 2 N–H and O–H groups in total. The van der Waals surface area contributed by atoms with Crippen molar-refractivity contribution in [2.24, 2.45) is 0 Å². The summed E-state index contributed by atoms with van der Waals surface area (Å²) >= 11 is 0. The maximum atomic E-state index is 12.2. The normalized spacial score (nSPS) is 10.4. The summed E-state index contributed by atoms with van der Waals surface area (Å²) in [5, 5.41) is 5.06. The van der Waals surface area contributed by atoms with Gasteiger partial charge in [-0.15, -0.1) is 0 Å². The molecule has 3 heteroatoms. The molecule has 0 spiro atoms. The second kappa shape index (κ2) is 5.13. The van der Waals surface area contributed by atoms with Crippen LogP contribution in [-0.2, 0) is 0 Å². The van der Waals surface area contributed by atoms with Gasteiger partial charge < -0.3 is 0 Å². The smallest absolute Gasteiger partial charge is 0.245 e. The van der Waals surface area contributed by atoms with E-state index in [1.807, 2.05) is 67.6 Å². The molecule has 0 unspecified atom stereocenters. The summed E-state index contributed by atoms with van der Waals surface area (Å²) in [4.78, 5) is 15.4. The largest absolute Gasteiger partial charge is 0.339 e. The molecule has 0 saturated heterocycles. The number of aromatic amines is 1. The van der Waals surface area contributed by atoms with E-state index in [9.17, 15) is 4.79 Å². The lowest BCUT2D eigenvalue weighted by Gasteiger charge is -2.01. The van der Waals surface area contributed by atoms with Gasteiger partial charge in [-0.3, -0.25) is 0 Å². The van der Waals surface area contributed by atoms with Gasteiger partial charge in [0.05, 0.1) is 11.3 Å². The number of benzene rings is 2. The minimum absolute atomic E-state index is 0.113. The second-order valence-corrected chi connectivity index (χ2v) is 4.76. The number of fused-ring (bicyclic) bond motifs is 1. The zero-order valence-corrected chi connectivity index (χ0v) is 11.2. The fourth-order valence-electron chi connectivity index (χ4n) is 2.18. The van der Waals surface area contributed by atoms with Gasteiger partial charge in [0.1, 0.15) is 0 Å². The average Bonchev–Trinajstić information content (AvgIpc) is 2.47. The minimum Gasteiger partial charge on any atom is -0.245 e. The molecule has 0 saturated carbocycles. The molecule has 0 fully saturated rings. The highest BCUT2D eigenvalue weighted by molar-refractivity contribution is 6.05. The lowest BCUT2D eigenvalue weighted by Crippen LogP contribution is -2.20. The number of rotatable bonds is 2. The maximum Gasteiger partial charge on any atom is 0.339 e. The number of H-pyrrole nitrogens is 1. The Morgan fingerprint density at radius 3 is 2.55 bits per heavy atom. The van der Waals surface area contributed by atoms with Crippen LogP contribution >= 0.6 is 0 Å². The molecule has 3 nitrogen and oxygen atoms in total. The lowest BCUT2D eigenvalue weighted by atomic mass is 10.1. The molecule has 98 valence electrons. The van der Waals surface area contributed by atoms with Gasteiger partial charge >= 0.3 is 5.91 Å². The zero-order chi connectivity index (χ0) is 13.9. The Bertz CT molecular complexity index is 781. The maximum absolute atomic E-state index is 12.2. The third-order valence-corrected chi connectivity index (χ3v) is 3.20. The first-order valence-corrected chi connectivity index (χ1v) is 6.51. The van der Waals surface area contributed by atoms with Crippen molar-refractivity contribution >= 4 is 22.5 Å². The summed E-state index contributed by atoms with van der Waals surface area (Å²) in [6.45, 7) is 1.95. The molecule has 0 bridgehead atoms. The van der Waals surface area contributed by atoms with Gasteiger partial charge in [-0.2, -0.15) is 0 Å². The number of carbonyl (C=O) groups excluding carboxylic acids is 1. The van der Waals surface area contributed by atoms with E-state index >= 15 is 0 Å². The monoisotopic (exact) mass is 263 g/mol. The highest BCUT2D eigenvalue weighted by Crippen LogP contribution is 2.16. The van der Waals surface area contributed by atoms with Crippen molar-refractivity contribution in [3.63, 3.8) is 0 Å². The molecule has 0 aliphatic rings. The van der Waals surface area contributed by atoms with Crippen LogP contribution in [0.3, 0.4) is 0 Å². The van der Waals surface area contributed by atoms with Crippen LogP contribution < -0.4 is 10.3 Å². The summed E-state index contributed by atoms with van der Waals surface area (Å²) in [6, 6.07) is 19.4. The summed E-state index contributed by atoms with van der Waals surface area (Å²) in [6.07, 6.45) is 0. The van der Waals surface area contributed by atoms with Gasteiger partial charge in [-0.25, -0.2) is 15.1 Å². The van der Waals surface area contributed by atoms with E-state index in [1.165, 1.54) is 0 Å². The fraction of sp³-hybridized carbons (Fsp3) is 0.0588. The number of pyridine rings is 1. The molecule has 1 heterocycles. The van der Waals surface area contributed by atoms with Gasteiger partial charge in [0.15, 0.2) is 0 Å². The van der Waals surface area contributed by atoms with E-state index < -0.39 is 0 Å². The molecule has 3 aromatic rings. The Labute approximate surface area is 117 Å². The highest BCUT2D eigenvalue weighted by Gasteiger charge is 2.13. The van der Waals surface area contributed by atoms with Crippen LogP contribution in [-0.4, -0.2) is 5.91 Å². The third-order valence-electron chi connectivity index (χ3n) is 3.20. The Hall–Kier alpha value is -2.68. The van der Waals surface area contributed by atoms with Crippen LogP contribution in [0, 0.1) is 6.92 Å². The Morgan fingerprint density at radius 1 is 0.950 bits per heavy atom. The average molecular weight is 263 g/mol.